The number of rotatable bonds is 11. The molecule has 7 nitrogen and oxygen atoms in total. The van der Waals surface area contributed by atoms with Crippen LogP contribution in [-0.2, 0) is 17.6 Å². The van der Waals surface area contributed by atoms with Gasteiger partial charge in [0, 0.05) is 30.2 Å². The molecular weight excluding hydrogens is 570 g/mol. The monoisotopic (exact) mass is 621 g/mol. The molecule has 5 atom stereocenters. The predicted molar refractivity (Wildman–Crippen MR) is 184 cm³/mol. The van der Waals surface area contributed by atoms with Crippen LogP contribution >= 0.6 is 0 Å². The first-order valence-electron chi connectivity index (χ1n) is 18.1. The van der Waals surface area contributed by atoms with Crippen molar-refractivity contribution in [3.05, 3.63) is 83.0 Å². The summed E-state index contributed by atoms with van der Waals surface area (Å²) in [6.45, 7) is 3.22. The number of hydrogen-bond acceptors (Lipinski definition) is 6. The molecule has 2 bridgehead atoms. The fraction of sp³-hybridized carbons (Fsp3) is 0.564. The van der Waals surface area contributed by atoms with E-state index < -0.39 is 5.97 Å². The number of anilines is 2. The summed E-state index contributed by atoms with van der Waals surface area (Å²) >= 11 is 0. The quantitative estimate of drug-likeness (QED) is 0.200. The Balaban J connectivity index is 1.19. The van der Waals surface area contributed by atoms with Gasteiger partial charge in [-0.05, 0) is 100 Å². The zero-order valence-electron chi connectivity index (χ0n) is 27.4. The number of nitrogens with one attached hydrogen (secondary N) is 2. The van der Waals surface area contributed by atoms with Gasteiger partial charge in [0.1, 0.15) is 5.82 Å². The zero-order chi connectivity index (χ0) is 31.5. The average Bonchev–Trinajstić information content (AvgIpc) is 3.30. The maximum absolute atomic E-state index is 11.6. The van der Waals surface area contributed by atoms with Crippen LogP contribution < -0.4 is 10.6 Å². The van der Waals surface area contributed by atoms with E-state index >= 15 is 0 Å². The first-order chi connectivity index (χ1) is 22.6. The van der Waals surface area contributed by atoms with Crippen LogP contribution in [0.15, 0.2) is 60.7 Å². The molecule has 3 fully saturated rings. The molecule has 3 N–H and O–H groups in total. The van der Waals surface area contributed by atoms with Crippen LogP contribution in [0.1, 0.15) is 112 Å². The van der Waals surface area contributed by atoms with Crippen LogP contribution in [0.3, 0.4) is 0 Å². The second kappa shape index (κ2) is 14.1. The summed E-state index contributed by atoms with van der Waals surface area (Å²) in [5.41, 5.74) is 5.14. The Morgan fingerprint density at radius 3 is 2.24 bits per heavy atom. The molecule has 3 heterocycles. The summed E-state index contributed by atoms with van der Waals surface area (Å²) in [6, 6.07) is 23.7. The van der Waals surface area contributed by atoms with Gasteiger partial charge >= 0.3 is 5.97 Å². The predicted octanol–water partition coefficient (Wildman–Crippen LogP) is 8.00. The zero-order valence-corrected chi connectivity index (χ0v) is 27.4. The van der Waals surface area contributed by atoms with Gasteiger partial charge in [-0.2, -0.15) is 4.98 Å². The van der Waals surface area contributed by atoms with E-state index in [-0.39, 0.29) is 18.0 Å². The summed E-state index contributed by atoms with van der Waals surface area (Å²) in [6.07, 6.45) is 14.0. The van der Waals surface area contributed by atoms with Crippen LogP contribution in [0.4, 0.5) is 11.8 Å². The number of aryl methyl sites for hydroxylation is 1. The van der Waals surface area contributed by atoms with Gasteiger partial charge in [-0.1, -0.05) is 74.0 Å². The summed E-state index contributed by atoms with van der Waals surface area (Å²) in [4.78, 5) is 24.9. The van der Waals surface area contributed by atoms with Crippen molar-refractivity contribution in [3.63, 3.8) is 0 Å². The summed E-state index contributed by atoms with van der Waals surface area (Å²) in [5.74, 6) is 1.75. The Morgan fingerprint density at radius 1 is 0.870 bits per heavy atom. The van der Waals surface area contributed by atoms with Gasteiger partial charge in [-0.15, -0.1) is 0 Å². The van der Waals surface area contributed by atoms with E-state index in [9.17, 15) is 9.90 Å². The van der Waals surface area contributed by atoms with E-state index in [0.717, 1.165) is 69.7 Å². The molecule has 1 aromatic heterocycles. The number of hydrogen-bond donors (Lipinski definition) is 3. The third-order valence-electron chi connectivity index (χ3n) is 11.7. The van der Waals surface area contributed by atoms with Gasteiger partial charge in [0.15, 0.2) is 0 Å². The van der Waals surface area contributed by atoms with Crippen LogP contribution in [0, 0.1) is 11.8 Å². The Labute approximate surface area is 274 Å². The van der Waals surface area contributed by atoms with Crippen molar-refractivity contribution in [1.82, 2.24) is 14.9 Å². The number of carboxylic acids is 1. The molecule has 46 heavy (non-hydrogen) atoms. The number of aliphatic carboxylic acids is 1. The van der Waals surface area contributed by atoms with Gasteiger partial charge in [0.05, 0.1) is 17.7 Å². The van der Waals surface area contributed by atoms with Crippen molar-refractivity contribution < 1.29 is 9.90 Å². The molecule has 0 spiro atoms. The number of nitrogens with zero attached hydrogens (tertiary/aromatic N) is 3. The minimum Gasteiger partial charge on any atom is -0.481 e. The summed E-state index contributed by atoms with van der Waals surface area (Å²) in [7, 11) is 0. The normalized spacial score (nSPS) is 27.4. The minimum absolute atomic E-state index is 0.139. The van der Waals surface area contributed by atoms with Crippen molar-refractivity contribution in [2.75, 3.05) is 17.2 Å². The first-order valence-corrected chi connectivity index (χ1v) is 18.1. The van der Waals surface area contributed by atoms with Crippen molar-refractivity contribution >= 4 is 17.7 Å². The van der Waals surface area contributed by atoms with Crippen LogP contribution in [-0.4, -0.2) is 50.6 Å². The van der Waals surface area contributed by atoms with E-state index in [2.05, 4.69) is 83.1 Å². The smallest absolute Gasteiger partial charge is 0.306 e. The molecule has 2 aliphatic heterocycles. The number of benzene rings is 2. The molecule has 1 saturated carbocycles. The number of fused-ring (bicyclic) bond motifs is 3. The third kappa shape index (κ3) is 6.80. The molecule has 7 rings (SSSR count). The maximum atomic E-state index is 11.6. The van der Waals surface area contributed by atoms with Crippen molar-refractivity contribution in [2.24, 2.45) is 11.8 Å². The van der Waals surface area contributed by atoms with Gasteiger partial charge in [-0.25, -0.2) is 4.98 Å². The van der Waals surface area contributed by atoms with Crippen molar-refractivity contribution in [1.29, 1.82) is 0 Å². The lowest BCUT2D eigenvalue weighted by Gasteiger charge is -2.38. The Hall–Kier alpha value is -3.45. The minimum atomic E-state index is -0.646. The lowest BCUT2D eigenvalue weighted by Crippen LogP contribution is -2.43. The molecular formula is C39H51N5O2. The van der Waals surface area contributed by atoms with Crippen LogP contribution in [0.2, 0.25) is 0 Å². The second-order valence-corrected chi connectivity index (χ2v) is 14.4. The van der Waals surface area contributed by atoms with E-state index in [1.165, 1.54) is 54.5 Å². The van der Waals surface area contributed by atoms with Crippen molar-refractivity contribution in [3.8, 4) is 0 Å². The van der Waals surface area contributed by atoms with Gasteiger partial charge in [0.25, 0.3) is 0 Å². The topological polar surface area (TPSA) is 90.4 Å². The highest BCUT2D eigenvalue weighted by molar-refractivity contribution is 5.70. The standard InChI is InChI=1S/C39H51N5O2/c1-2-34(28-16-18-29(19-17-28)38(45)46)41-39-42-35-23-20-30(26-10-5-3-6-11-26)24-33(35)37(43-39)40-36(27-12-7-4-8-13-27)25-44-31-14-9-15-32(44)22-21-31/h3-8,10-13,28-32,34,36H,2,9,14-25H2,1H3,(H,45,46)(H2,40,41,42,43)/t28?,29?,30-,31-,32?,34-,36+/m1/s1. The molecule has 244 valence electrons. The summed E-state index contributed by atoms with van der Waals surface area (Å²) in [5, 5.41) is 17.4. The van der Waals surface area contributed by atoms with Gasteiger partial charge in [0.2, 0.25) is 5.95 Å². The lowest BCUT2D eigenvalue weighted by atomic mass is 9.78. The molecule has 0 radical (unpaired) electrons. The van der Waals surface area contributed by atoms with Crippen LogP contribution in [0.5, 0.6) is 0 Å². The number of carbonyl (C=O) groups is 1. The molecule has 2 aromatic carbocycles. The largest absolute Gasteiger partial charge is 0.481 e. The molecule has 1 unspecified atom stereocenters. The highest BCUT2D eigenvalue weighted by Crippen LogP contribution is 2.40. The second-order valence-electron chi connectivity index (χ2n) is 14.4. The third-order valence-corrected chi connectivity index (χ3v) is 11.7. The molecule has 3 aromatic rings. The molecule has 0 amide bonds. The Morgan fingerprint density at radius 2 is 1.57 bits per heavy atom. The average molecular weight is 622 g/mol. The van der Waals surface area contributed by atoms with Crippen molar-refractivity contribution in [2.45, 2.75) is 120 Å². The fourth-order valence-electron chi connectivity index (χ4n) is 9.11. The molecule has 7 heteroatoms. The highest BCUT2D eigenvalue weighted by Gasteiger charge is 2.38. The maximum Gasteiger partial charge on any atom is 0.306 e. The van der Waals surface area contributed by atoms with E-state index in [1.807, 2.05) is 0 Å². The highest BCUT2D eigenvalue weighted by atomic mass is 16.4. The van der Waals surface area contributed by atoms with Crippen LogP contribution in [0.25, 0.3) is 0 Å². The van der Waals surface area contributed by atoms with Gasteiger partial charge in [-0.3, -0.25) is 9.69 Å². The molecule has 2 aliphatic carbocycles. The summed E-state index contributed by atoms with van der Waals surface area (Å²) < 4.78 is 0. The van der Waals surface area contributed by atoms with E-state index in [0.29, 0.717) is 23.9 Å². The SMILES string of the molecule is CC[C@@H](Nc1nc2c(c(N[C@@H](CN3C4CCC[C@@H]3CC4)c3ccccc3)n1)C[C@H](c1ccccc1)CC2)C1CCC(C(=O)O)CC1. The first kappa shape index (κ1) is 31.2. The molecule has 2 saturated heterocycles. The molecule has 4 aliphatic rings. The van der Waals surface area contributed by atoms with Gasteiger partial charge < -0.3 is 15.7 Å². The lowest BCUT2D eigenvalue weighted by molar-refractivity contribution is -0.143. The number of carboxylic acid groups (broad SMARTS) is 1. The fourth-order valence-corrected chi connectivity index (χ4v) is 9.11. The Kier molecular flexibility index (Phi) is 9.57. The Bertz CT molecular complexity index is 1440. The van der Waals surface area contributed by atoms with E-state index in [4.69, 9.17) is 9.97 Å². The number of aromatic nitrogens is 2. The number of piperidine rings is 1. The van der Waals surface area contributed by atoms with E-state index in [1.54, 1.807) is 0 Å².